The lowest BCUT2D eigenvalue weighted by molar-refractivity contribution is -0.132. The van der Waals surface area contributed by atoms with Crippen LogP contribution in [0, 0.1) is 0 Å². The molecule has 0 atom stereocenters. The van der Waals surface area contributed by atoms with Crippen LogP contribution in [0.15, 0.2) is 24.3 Å². The molecule has 5 heteroatoms. The second-order valence-corrected chi connectivity index (χ2v) is 4.91. The molecule has 1 aromatic rings. The largest absolute Gasteiger partial charge is 0.399 e. The molecule has 0 saturated carbocycles. The Labute approximate surface area is 120 Å². The highest BCUT2D eigenvalue weighted by Crippen LogP contribution is 2.19. The molecule has 0 aromatic heterocycles. The number of amides is 1. The quantitative estimate of drug-likeness (QED) is 0.652. The highest BCUT2D eigenvalue weighted by molar-refractivity contribution is 5.76. The minimum absolute atomic E-state index is 0.186. The molecule has 2 rings (SSSR count). The number of ether oxygens (including phenoxy) is 1. The minimum Gasteiger partial charge on any atom is -0.399 e. The van der Waals surface area contributed by atoms with E-state index >= 15 is 0 Å². The SMILES string of the molecule is CCOCCC(=O)N1CCN(c2cccc(N)c2)CC1. The van der Waals surface area contributed by atoms with Crippen molar-refractivity contribution in [3.05, 3.63) is 24.3 Å². The Morgan fingerprint density at radius 2 is 2.05 bits per heavy atom. The maximum Gasteiger partial charge on any atom is 0.225 e. The normalized spacial score (nSPS) is 15.4. The molecular formula is C15H23N3O2. The van der Waals surface area contributed by atoms with Crippen LogP contribution in [0.25, 0.3) is 0 Å². The number of nitrogens with zero attached hydrogens (tertiary/aromatic N) is 2. The van der Waals surface area contributed by atoms with Gasteiger partial charge in [0.1, 0.15) is 0 Å². The van der Waals surface area contributed by atoms with Crippen LogP contribution in [0.3, 0.4) is 0 Å². The van der Waals surface area contributed by atoms with Gasteiger partial charge in [-0.2, -0.15) is 0 Å². The van der Waals surface area contributed by atoms with Gasteiger partial charge in [0.25, 0.3) is 0 Å². The van der Waals surface area contributed by atoms with Crippen LogP contribution in [-0.2, 0) is 9.53 Å². The molecule has 1 aliphatic heterocycles. The second-order valence-electron chi connectivity index (χ2n) is 4.91. The van der Waals surface area contributed by atoms with Crippen molar-refractivity contribution in [3.8, 4) is 0 Å². The molecule has 0 spiro atoms. The lowest BCUT2D eigenvalue weighted by Crippen LogP contribution is -2.49. The lowest BCUT2D eigenvalue weighted by Gasteiger charge is -2.36. The van der Waals surface area contributed by atoms with Gasteiger partial charge in [-0.15, -0.1) is 0 Å². The molecule has 1 fully saturated rings. The zero-order valence-electron chi connectivity index (χ0n) is 12.0. The van der Waals surface area contributed by atoms with Crippen molar-refractivity contribution in [1.29, 1.82) is 0 Å². The van der Waals surface area contributed by atoms with Crippen LogP contribution >= 0.6 is 0 Å². The van der Waals surface area contributed by atoms with Crippen molar-refractivity contribution < 1.29 is 9.53 Å². The molecule has 0 aliphatic carbocycles. The highest BCUT2D eigenvalue weighted by atomic mass is 16.5. The van der Waals surface area contributed by atoms with Crippen LogP contribution < -0.4 is 10.6 Å². The number of carbonyl (C=O) groups is 1. The molecule has 1 aromatic carbocycles. The zero-order valence-corrected chi connectivity index (χ0v) is 12.0. The van der Waals surface area contributed by atoms with Gasteiger partial charge in [-0.3, -0.25) is 4.79 Å². The fourth-order valence-electron chi connectivity index (χ4n) is 2.40. The summed E-state index contributed by atoms with van der Waals surface area (Å²) in [6.45, 7) is 6.35. The molecule has 1 saturated heterocycles. The number of hydrogen-bond donors (Lipinski definition) is 1. The number of hydrogen-bond acceptors (Lipinski definition) is 4. The first kappa shape index (κ1) is 14.7. The van der Waals surface area contributed by atoms with Crippen LogP contribution in [0.4, 0.5) is 11.4 Å². The van der Waals surface area contributed by atoms with Crippen molar-refractivity contribution in [2.45, 2.75) is 13.3 Å². The molecular weight excluding hydrogens is 254 g/mol. The van der Waals surface area contributed by atoms with Gasteiger partial charge >= 0.3 is 0 Å². The maximum atomic E-state index is 12.0. The Morgan fingerprint density at radius 1 is 1.30 bits per heavy atom. The molecule has 110 valence electrons. The summed E-state index contributed by atoms with van der Waals surface area (Å²) >= 11 is 0. The Kier molecular flexibility index (Phi) is 5.24. The fraction of sp³-hybridized carbons (Fsp3) is 0.533. The zero-order chi connectivity index (χ0) is 14.4. The number of piperazine rings is 1. The molecule has 2 N–H and O–H groups in total. The van der Waals surface area contributed by atoms with Gasteiger partial charge in [0.05, 0.1) is 13.0 Å². The van der Waals surface area contributed by atoms with Crippen molar-refractivity contribution in [1.82, 2.24) is 4.90 Å². The van der Waals surface area contributed by atoms with Crippen molar-refractivity contribution in [2.24, 2.45) is 0 Å². The highest BCUT2D eigenvalue weighted by Gasteiger charge is 2.20. The third-order valence-corrected chi connectivity index (χ3v) is 3.53. The number of nitrogen functional groups attached to an aromatic ring is 1. The first-order chi connectivity index (χ1) is 9.70. The average Bonchev–Trinajstić information content (AvgIpc) is 2.47. The van der Waals surface area contributed by atoms with Crippen molar-refractivity contribution in [3.63, 3.8) is 0 Å². The lowest BCUT2D eigenvalue weighted by atomic mass is 10.2. The summed E-state index contributed by atoms with van der Waals surface area (Å²) in [6, 6.07) is 7.89. The summed E-state index contributed by atoms with van der Waals surface area (Å²) in [5.41, 5.74) is 7.71. The number of rotatable bonds is 5. The molecule has 1 amide bonds. The Balaban J connectivity index is 1.81. The molecule has 5 nitrogen and oxygen atoms in total. The number of anilines is 2. The molecule has 1 aliphatic rings. The number of benzene rings is 1. The second kappa shape index (κ2) is 7.14. The van der Waals surface area contributed by atoms with E-state index in [0.717, 1.165) is 37.6 Å². The van der Waals surface area contributed by atoms with E-state index in [4.69, 9.17) is 10.5 Å². The Hall–Kier alpha value is -1.75. The van der Waals surface area contributed by atoms with E-state index in [-0.39, 0.29) is 5.91 Å². The molecule has 20 heavy (non-hydrogen) atoms. The average molecular weight is 277 g/mol. The number of carbonyl (C=O) groups excluding carboxylic acids is 1. The van der Waals surface area contributed by atoms with E-state index in [0.29, 0.717) is 19.6 Å². The Bertz CT molecular complexity index is 442. The van der Waals surface area contributed by atoms with Gasteiger partial charge in [0.15, 0.2) is 0 Å². The van der Waals surface area contributed by atoms with E-state index in [9.17, 15) is 4.79 Å². The summed E-state index contributed by atoms with van der Waals surface area (Å²) in [5, 5.41) is 0. The fourth-order valence-corrected chi connectivity index (χ4v) is 2.40. The van der Waals surface area contributed by atoms with Gasteiger partial charge in [-0.25, -0.2) is 0 Å². The smallest absolute Gasteiger partial charge is 0.225 e. The van der Waals surface area contributed by atoms with E-state index in [1.54, 1.807) is 0 Å². The maximum absolute atomic E-state index is 12.0. The van der Waals surface area contributed by atoms with Gasteiger partial charge in [-0.1, -0.05) is 6.07 Å². The van der Waals surface area contributed by atoms with Crippen LogP contribution in [0.5, 0.6) is 0 Å². The molecule has 0 radical (unpaired) electrons. The minimum atomic E-state index is 0.186. The summed E-state index contributed by atoms with van der Waals surface area (Å²) in [5.74, 6) is 0.186. The monoisotopic (exact) mass is 277 g/mol. The standard InChI is InChI=1S/C15H23N3O2/c1-2-20-11-6-15(19)18-9-7-17(8-10-18)14-5-3-4-13(16)12-14/h3-5,12H,2,6-11,16H2,1H3. The third kappa shape index (κ3) is 3.87. The topological polar surface area (TPSA) is 58.8 Å². The predicted octanol–water partition coefficient (Wildman–Crippen LogP) is 1.34. The van der Waals surface area contributed by atoms with E-state index in [1.165, 1.54) is 0 Å². The van der Waals surface area contributed by atoms with E-state index in [2.05, 4.69) is 11.0 Å². The summed E-state index contributed by atoms with van der Waals surface area (Å²) in [6.07, 6.45) is 0.478. The summed E-state index contributed by atoms with van der Waals surface area (Å²) in [7, 11) is 0. The van der Waals surface area contributed by atoms with E-state index < -0.39 is 0 Å². The molecule has 0 bridgehead atoms. The van der Waals surface area contributed by atoms with Gasteiger partial charge in [-0.05, 0) is 25.1 Å². The van der Waals surface area contributed by atoms with E-state index in [1.807, 2.05) is 30.0 Å². The number of nitrogens with two attached hydrogens (primary N) is 1. The van der Waals surface area contributed by atoms with Crippen molar-refractivity contribution in [2.75, 3.05) is 50.0 Å². The first-order valence-corrected chi connectivity index (χ1v) is 7.16. The van der Waals surface area contributed by atoms with Gasteiger partial charge in [0, 0.05) is 44.2 Å². The predicted molar refractivity (Wildman–Crippen MR) is 80.8 cm³/mol. The van der Waals surface area contributed by atoms with Crippen molar-refractivity contribution >= 4 is 17.3 Å². The summed E-state index contributed by atoms with van der Waals surface area (Å²) in [4.78, 5) is 16.2. The van der Waals surface area contributed by atoms with Crippen LogP contribution in [0.2, 0.25) is 0 Å². The molecule has 1 heterocycles. The van der Waals surface area contributed by atoms with Gasteiger partial charge < -0.3 is 20.3 Å². The third-order valence-electron chi connectivity index (χ3n) is 3.53. The van der Waals surface area contributed by atoms with Gasteiger partial charge in [0.2, 0.25) is 5.91 Å². The molecule has 0 unspecified atom stereocenters. The van der Waals surface area contributed by atoms with Crippen LogP contribution in [-0.4, -0.2) is 50.2 Å². The summed E-state index contributed by atoms with van der Waals surface area (Å²) < 4.78 is 5.23. The van der Waals surface area contributed by atoms with Crippen LogP contribution in [0.1, 0.15) is 13.3 Å². The first-order valence-electron chi connectivity index (χ1n) is 7.16. The Morgan fingerprint density at radius 3 is 2.70 bits per heavy atom.